The second-order valence-electron chi connectivity index (χ2n) is 6.19. The van der Waals surface area contributed by atoms with Gasteiger partial charge in [-0.3, -0.25) is 20.2 Å². The number of nitro groups is 2. The predicted molar refractivity (Wildman–Crippen MR) is 109 cm³/mol. The average molecular weight is 437 g/mol. The number of aromatic nitrogens is 5. The van der Waals surface area contributed by atoms with Crippen LogP contribution in [0.4, 0.5) is 17.3 Å². The molecule has 0 aliphatic rings. The summed E-state index contributed by atoms with van der Waals surface area (Å²) >= 11 is 0. The number of rotatable bonds is 6. The Morgan fingerprint density at radius 2 is 1.50 bits per heavy atom. The van der Waals surface area contributed by atoms with Crippen LogP contribution in [0.3, 0.4) is 0 Å². The van der Waals surface area contributed by atoms with E-state index in [1.807, 2.05) is 0 Å². The van der Waals surface area contributed by atoms with Crippen molar-refractivity contribution in [2.24, 2.45) is 10.1 Å². The lowest BCUT2D eigenvalue weighted by atomic mass is 10.2. The van der Waals surface area contributed by atoms with Crippen LogP contribution in [0.1, 0.15) is 11.1 Å². The van der Waals surface area contributed by atoms with Crippen molar-refractivity contribution in [1.29, 1.82) is 0 Å². The van der Waals surface area contributed by atoms with E-state index in [0.29, 0.717) is 0 Å². The molecule has 2 heterocycles. The normalized spacial score (nSPS) is 11.6. The van der Waals surface area contributed by atoms with Crippen molar-refractivity contribution in [3.05, 3.63) is 74.1 Å². The highest BCUT2D eigenvalue weighted by atomic mass is 16.6. The van der Waals surface area contributed by atoms with Gasteiger partial charge in [-0.1, -0.05) is 0 Å². The van der Waals surface area contributed by atoms with Gasteiger partial charge in [0.1, 0.15) is 17.8 Å². The minimum atomic E-state index is -0.621. The zero-order valence-corrected chi connectivity index (χ0v) is 15.7. The number of benzene rings is 2. The molecule has 15 heteroatoms. The van der Waals surface area contributed by atoms with E-state index in [2.05, 4.69) is 25.4 Å². The SMILES string of the molecule is O=[N+]([O-])c1ccc(O)cc1C=Nc1nnc2n(N=Cc3cc(O)ccc3[N+](=O)[O-])cnn12. The van der Waals surface area contributed by atoms with E-state index >= 15 is 0 Å². The molecule has 0 bridgehead atoms. The fraction of sp³-hybridized carbons (Fsp3) is 0. The third kappa shape index (κ3) is 3.80. The van der Waals surface area contributed by atoms with Crippen molar-refractivity contribution in [3.63, 3.8) is 0 Å². The van der Waals surface area contributed by atoms with Gasteiger partial charge in [-0.25, -0.2) is 4.99 Å². The van der Waals surface area contributed by atoms with Gasteiger partial charge >= 0.3 is 0 Å². The summed E-state index contributed by atoms with van der Waals surface area (Å²) in [6.07, 6.45) is 3.52. The third-order valence-electron chi connectivity index (χ3n) is 4.15. The molecular weight excluding hydrogens is 426 g/mol. The third-order valence-corrected chi connectivity index (χ3v) is 4.15. The average Bonchev–Trinajstić information content (AvgIpc) is 3.32. The first kappa shape index (κ1) is 20.1. The number of phenols is 2. The molecule has 160 valence electrons. The van der Waals surface area contributed by atoms with Gasteiger partial charge in [-0.15, -0.1) is 15.3 Å². The summed E-state index contributed by atoms with van der Waals surface area (Å²) in [7, 11) is 0. The molecule has 0 spiro atoms. The fourth-order valence-electron chi connectivity index (χ4n) is 2.70. The van der Waals surface area contributed by atoms with Crippen LogP contribution in [0.2, 0.25) is 0 Å². The largest absolute Gasteiger partial charge is 0.508 e. The molecule has 2 aromatic heterocycles. The van der Waals surface area contributed by atoms with E-state index in [1.165, 1.54) is 35.1 Å². The van der Waals surface area contributed by atoms with Crippen LogP contribution in [0.25, 0.3) is 5.78 Å². The number of fused-ring (bicyclic) bond motifs is 1. The number of phenolic OH excluding ortho intramolecular Hbond substituents is 2. The first-order chi connectivity index (χ1) is 15.3. The number of aliphatic imine (C=N–C) groups is 1. The van der Waals surface area contributed by atoms with Crippen LogP contribution in [-0.2, 0) is 0 Å². The quantitative estimate of drug-likeness (QED) is 0.256. The van der Waals surface area contributed by atoms with Gasteiger partial charge in [0.05, 0.1) is 27.2 Å². The summed E-state index contributed by atoms with van der Waals surface area (Å²) < 4.78 is 2.34. The van der Waals surface area contributed by atoms with Crippen molar-refractivity contribution < 1.29 is 20.1 Å². The van der Waals surface area contributed by atoms with Gasteiger partial charge in [0.15, 0.2) is 0 Å². The summed E-state index contributed by atoms with van der Waals surface area (Å²) in [4.78, 5) is 25.0. The molecule has 0 atom stereocenters. The van der Waals surface area contributed by atoms with Crippen LogP contribution in [0, 0.1) is 20.2 Å². The van der Waals surface area contributed by atoms with E-state index in [4.69, 9.17) is 0 Å². The second-order valence-corrected chi connectivity index (χ2v) is 6.19. The highest BCUT2D eigenvalue weighted by Gasteiger charge is 2.15. The van der Waals surface area contributed by atoms with Crippen molar-refractivity contribution in [2.45, 2.75) is 0 Å². The molecule has 2 N–H and O–H groups in total. The van der Waals surface area contributed by atoms with Crippen molar-refractivity contribution in [1.82, 2.24) is 24.5 Å². The molecule has 0 saturated heterocycles. The van der Waals surface area contributed by atoms with Gasteiger partial charge in [0.25, 0.3) is 23.1 Å². The fourth-order valence-corrected chi connectivity index (χ4v) is 2.70. The lowest BCUT2D eigenvalue weighted by molar-refractivity contribution is -0.385. The first-order valence-electron chi connectivity index (χ1n) is 8.65. The molecule has 4 rings (SSSR count). The Labute approximate surface area is 176 Å². The van der Waals surface area contributed by atoms with Crippen molar-refractivity contribution >= 4 is 35.5 Å². The van der Waals surface area contributed by atoms with Gasteiger partial charge in [-0.2, -0.15) is 14.3 Å². The molecule has 0 saturated carbocycles. The zero-order chi connectivity index (χ0) is 22.8. The van der Waals surface area contributed by atoms with E-state index < -0.39 is 9.85 Å². The Morgan fingerprint density at radius 3 is 2.09 bits per heavy atom. The Hall–Kier alpha value is -5.21. The van der Waals surface area contributed by atoms with Gasteiger partial charge in [-0.05, 0) is 24.3 Å². The first-order valence-corrected chi connectivity index (χ1v) is 8.65. The van der Waals surface area contributed by atoms with Crippen LogP contribution >= 0.6 is 0 Å². The van der Waals surface area contributed by atoms with E-state index in [-0.39, 0.29) is 45.7 Å². The lowest BCUT2D eigenvalue weighted by Gasteiger charge is -1.98. The van der Waals surface area contributed by atoms with Crippen LogP contribution in [0.5, 0.6) is 11.5 Å². The maximum atomic E-state index is 11.1. The van der Waals surface area contributed by atoms with Gasteiger partial charge < -0.3 is 10.2 Å². The predicted octanol–water partition coefficient (Wildman–Crippen LogP) is 1.79. The molecule has 15 nitrogen and oxygen atoms in total. The minimum Gasteiger partial charge on any atom is -0.508 e. The highest BCUT2D eigenvalue weighted by Crippen LogP contribution is 2.23. The highest BCUT2D eigenvalue weighted by molar-refractivity contribution is 5.87. The smallest absolute Gasteiger partial charge is 0.278 e. The van der Waals surface area contributed by atoms with Crippen LogP contribution in [0.15, 0.2) is 52.8 Å². The monoisotopic (exact) mass is 437 g/mol. The summed E-state index contributed by atoms with van der Waals surface area (Å²) in [6.45, 7) is 0. The molecule has 0 amide bonds. The molecule has 32 heavy (non-hydrogen) atoms. The van der Waals surface area contributed by atoms with E-state index in [0.717, 1.165) is 29.2 Å². The molecule has 0 fully saturated rings. The van der Waals surface area contributed by atoms with E-state index in [1.54, 1.807) is 0 Å². The molecule has 4 aromatic rings. The Kier molecular flexibility index (Phi) is 4.96. The lowest BCUT2D eigenvalue weighted by Crippen LogP contribution is -1.96. The Bertz CT molecular complexity index is 1310. The maximum Gasteiger partial charge on any atom is 0.278 e. The molecule has 0 unspecified atom stereocenters. The van der Waals surface area contributed by atoms with Gasteiger partial charge in [0.2, 0.25) is 0 Å². The summed E-state index contributed by atoms with van der Waals surface area (Å²) in [5, 5.41) is 57.1. The minimum absolute atomic E-state index is 0.0325. The Balaban J connectivity index is 1.66. The zero-order valence-electron chi connectivity index (χ0n) is 15.7. The van der Waals surface area contributed by atoms with Crippen molar-refractivity contribution in [2.75, 3.05) is 0 Å². The number of hydrogen-bond donors (Lipinski definition) is 2. The van der Waals surface area contributed by atoms with Gasteiger partial charge in [0, 0.05) is 18.3 Å². The van der Waals surface area contributed by atoms with Crippen LogP contribution < -0.4 is 0 Å². The molecule has 2 aromatic carbocycles. The number of hydrogen-bond acceptors (Lipinski definition) is 11. The standard InChI is InChI=1S/C17H11N9O6/c27-12-1-3-14(25(29)30)10(5-12)7-18-16-21-22-17-23(9-20-24(16)17)19-8-11-6-13(28)2-4-15(11)26(31)32/h1-9,27-28H. The summed E-state index contributed by atoms with van der Waals surface area (Å²) in [6, 6.07) is 7.00. The topological polar surface area (TPSA) is 199 Å². The number of aromatic hydroxyl groups is 2. The molecule has 0 aliphatic carbocycles. The summed E-state index contributed by atoms with van der Waals surface area (Å²) in [5.74, 6) is -0.285. The van der Waals surface area contributed by atoms with Crippen molar-refractivity contribution in [3.8, 4) is 11.5 Å². The molecular formula is C17H11N9O6. The second kappa shape index (κ2) is 7.90. The Morgan fingerprint density at radius 1 is 0.906 bits per heavy atom. The van der Waals surface area contributed by atoms with E-state index in [9.17, 15) is 30.4 Å². The summed E-state index contributed by atoms with van der Waals surface area (Å²) in [5.41, 5.74) is -0.437. The number of nitro benzene ring substituents is 2. The molecule has 0 radical (unpaired) electrons. The van der Waals surface area contributed by atoms with Crippen LogP contribution in [-0.4, -0.2) is 57.0 Å². The maximum absolute atomic E-state index is 11.1. The molecule has 0 aliphatic heterocycles. The number of nitrogens with zero attached hydrogens (tertiary/aromatic N) is 9.